The molecule has 3 aromatic rings. The number of nitrogens with zero attached hydrogens (tertiary/aromatic N) is 2. The molecule has 0 saturated carbocycles. The summed E-state index contributed by atoms with van der Waals surface area (Å²) in [4.78, 5) is 8.93. The molecule has 0 bridgehead atoms. The zero-order valence-electron chi connectivity index (χ0n) is 10.8. The maximum atomic E-state index is 4.47. The standard InChI is InChI=1S/C16H15N3/c1-17-9-12-10-18-16(19-11-12)15-8-4-6-13-5-2-3-7-14(13)15/h2-8,10-11,17H,9H2,1H3. The molecule has 0 spiro atoms. The van der Waals surface area contributed by atoms with Crippen LogP contribution in [0.3, 0.4) is 0 Å². The van der Waals surface area contributed by atoms with Gasteiger partial charge in [0, 0.05) is 30.1 Å². The molecular weight excluding hydrogens is 234 g/mol. The van der Waals surface area contributed by atoms with E-state index in [0.29, 0.717) is 0 Å². The highest BCUT2D eigenvalue weighted by Crippen LogP contribution is 2.25. The lowest BCUT2D eigenvalue weighted by atomic mass is 10.0. The third-order valence-electron chi connectivity index (χ3n) is 3.12. The van der Waals surface area contributed by atoms with E-state index in [2.05, 4.69) is 39.6 Å². The number of rotatable bonds is 3. The van der Waals surface area contributed by atoms with E-state index in [1.165, 1.54) is 10.8 Å². The largest absolute Gasteiger partial charge is 0.316 e. The first-order valence-electron chi connectivity index (χ1n) is 6.32. The fraction of sp³-hybridized carbons (Fsp3) is 0.125. The van der Waals surface area contributed by atoms with Crippen molar-refractivity contribution in [3.05, 3.63) is 60.4 Å². The minimum atomic E-state index is 0.775. The zero-order chi connectivity index (χ0) is 13.1. The summed E-state index contributed by atoms with van der Waals surface area (Å²) >= 11 is 0. The van der Waals surface area contributed by atoms with Gasteiger partial charge in [-0.2, -0.15) is 0 Å². The first-order chi connectivity index (χ1) is 9.38. The van der Waals surface area contributed by atoms with E-state index in [1.807, 2.05) is 37.6 Å². The summed E-state index contributed by atoms with van der Waals surface area (Å²) in [6, 6.07) is 14.5. The molecule has 0 aliphatic carbocycles. The molecule has 0 radical (unpaired) electrons. The molecule has 0 aliphatic rings. The molecule has 94 valence electrons. The highest BCUT2D eigenvalue weighted by Gasteiger charge is 2.05. The Morgan fingerprint density at radius 2 is 1.68 bits per heavy atom. The monoisotopic (exact) mass is 249 g/mol. The van der Waals surface area contributed by atoms with Gasteiger partial charge in [-0.15, -0.1) is 0 Å². The summed E-state index contributed by atoms with van der Waals surface area (Å²) < 4.78 is 0. The van der Waals surface area contributed by atoms with Gasteiger partial charge in [0.15, 0.2) is 5.82 Å². The molecule has 0 unspecified atom stereocenters. The average Bonchev–Trinajstić information content (AvgIpc) is 2.48. The number of hydrogen-bond acceptors (Lipinski definition) is 3. The quantitative estimate of drug-likeness (QED) is 0.775. The van der Waals surface area contributed by atoms with Crippen molar-refractivity contribution in [3.63, 3.8) is 0 Å². The lowest BCUT2D eigenvalue weighted by molar-refractivity contribution is 0.807. The molecule has 3 rings (SSSR count). The topological polar surface area (TPSA) is 37.8 Å². The summed E-state index contributed by atoms with van der Waals surface area (Å²) in [5.41, 5.74) is 2.17. The van der Waals surface area contributed by atoms with Crippen LogP contribution >= 0.6 is 0 Å². The fourth-order valence-electron chi connectivity index (χ4n) is 2.21. The molecule has 1 aromatic heterocycles. The van der Waals surface area contributed by atoms with Crippen molar-refractivity contribution in [2.24, 2.45) is 0 Å². The summed E-state index contributed by atoms with van der Waals surface area (Å²) in [6.45, 7) is 0.788. The number of benzene rings is 2. The summed E-state index contributed by atoms with van der Waals surface area (Å²) in [7, 11) is 1.92. The second-order valence-electron chi connectivity index (χ2n) is 4.47. The van der Waals surface area contributed by atoms with Gasteiger partial charge in [0.1, 0.15) is 0 Å². The van der Waals surface area contributed by atoms with Gasteiger partial charge in [0.05, 0.1) is 0 Å². The Labute approximate surface area is 112 Å². The van der Waals surface area contributed by atoms with Gasteiger partial charge in [-0.1, -0.05) is 42.5 Å². The van der Waals surface area contributed by atoms with Crippen molar-refractivity contribution in [2.75, 3.05) is 7.05 Å². The minimum absolute atomic E-state index is 0.775. The maximum Gasteiger partial charge on any atom is 0.159 e. The second-order valence-corrected chi connectivity index (χ2v) is 4.47. The van der Waals surface area contributed by atoms with Crippen molar-refractivity contribution < 1.29 is 0 Å². The Kier molecular flexibility index (Phi) is 3.21. The van der Waals surface area contributed by atoms with Crippen molar-refractivity contribution in [2.45, 2.75) is 6.54 Å². The molecule has 0 saturated heterocycles. The van der Waals surface area contributed by atoms with Gasteiger partial charge in [0.2, 0.25) is 0 Å². The van der Waals surface area contributed by atoms with E-state index >= 15 is 0 Å². The van der Waals surface area contributed by atoms with Crippen LogP contribution in [0.5, 0.6) is 0 Å². The molecule has 3 heteroatoms. The number of hydrogen-bond donors (Lipinski definition) is 1. The number of nitrogens with one attached hydrogen (secondary N) is 1. The molecule has 0 amide bonds. The first-order valence-corrected chi connectivity index (χ1v) is 6.32. The van der Waals surface area contributed by atoms with Crippen LogP contribution in [-0.4, -0.2) is 17.0 Å². The van der Waals surface area contributed by atoms with Crippen LogP contribution < -0.4 is 5.32 Å². The number of fused-ring (bicyclic) bond motifs is 1. The predicted octanol–water partition coefficient (Wildman–Crippen LogP) is 3.02. The van der Waals surface area contributed by atoms with Crippen molar-refractivity contribution in [1.29, 1.82) is 0 Å². The van der Waals surface area contributed by atoms with Gasteiger partial charge in [-0.05, 0) is 17.8 Å². The maximum absolute atomic E-state index is 4.47. The Balaban J connectivity index is 2.08. The summed E-state index contributed by atoms with van der Waals surface area (Å²) in [5.74, 6) is 0.775. The van der Waals surface area contributed by atoms with E-state index in [-0.39, 0.29) is 0 Å². The van der Waals surface area contributed by atoms with Gasteiger partial charge in [-0.25, -0.2) is 9.97 Å². The molecule has 0 fully saturated rings. The Bertz CT molecular complexity index is 684. The van der Waals surface area contributed by atoms with E-state index in [1.54, 1.807) is 0 Å². The van der Waals surface area contributed by atoms with Crippen LogP contribution in [0.15, 0.2) is 54.9 Å². The minimum Gasteiger partial charge on any atom is -0.316 e. The van der Waals surface area contributed by atoms with Crippen LogP contribution in [-0.2, 0) is 6.54 Å². The van der Waals surface area contributed by atoms with Gasteiger partial charge in [-0.3, -0.25) is 0 Å². The average molecular weight is 249 g/mol. The molecule has 0 atom stereocenters. The molecule has 3 nitrogen and oxygen atoms in total. The Hall–Kier alpha value is -2.26. The lowest BCUT2D eigenvalue weighted by Crippen LogP contribution is -2.06. The first kappa shape index (κ1) is 11.8. The summed E-state index contributed by atoms with van der Waals surface area (Å²) in [6.07, 6.45) is 3.75. The van der Waals surface area contributed by atoms with E-state index < -0.39 is 0 Å². The zero-order valence-corrected chi connectivity index (χ0v) is 10.8. The van der Waals surface area contributed by atoms with Gasteiger partial charge in [0.25, 0.3) is 0 Å². The van der Waals surface area contributed by atoms with Crippen LogP contribution in [0.25, 0.3) is 22.2 Å². The molecular formula is C16H15N3. The van der Waals surface area contributed by atoms with E-state index in [0.717, 1.165) is 23.5 Å². The predicted molar refractivity (Wildman–Crippen MR) is 77.7 cm³/mol. The van der Waals surface area contributed by atoms with Crippen LogP contribution in [0, 0.1) is 0 Å². The molecule has 19 heavy (non-hydrogen) atoms. The van der Waals surface area contributed by atoms with Crippen LogP contribution in [0.4, 0.5) is 0 Å². The Morgan fingerprint density at radius 1 is 0.947 bits per heavy atom. The third kappa shape index (κ3) is 2.33. The molecule has 0 aliphatic heterocycles. The second kappa shape index (κ2) is 5.16. The molecule has 1 heterocycles. The Morgan fingerprint density at radius 3 is 2.47 bits per heavy atom. The smallest absolute Gasteiger partial charge is 0.159 e. The normalized spacial score (nSPS) is 10.8. The van der Waals surface area contributed by atoms with E-state index in [9.17, 15) is 0 Å². The fourth-order valence-corrected chi connectivity index (χ4v) is 2.21. The summed E-state index contributed by atoms with van der Waals surface area (Å²) in [5, 5.41) is 5.49. The van der Waals surface area contributed by atoms with Crippen molar-refractivity contribution in [1.82, 2.24) is 15.3 Å². The van der Waals surface area contributed by atoms with Crippen molar-refractivity contribution in [3.8, 4) is 11.4 Å². The van der Waals surface area contributed by atoms with Gasteiger partial charge >= 0.3 is 0 Å². The van der Waals surface area contributed by atoms with Crippen molar-refractivity contribution >= 4 is 10.8 Å². The van der Waals surface area contributed by atoms with E-state index in [4.69, 9.17) is 0 Å². The highest BCUT2D eigenvalue weighted by molar-refractivity contribution is 5.94. The van der Waals surface area contributed by atoms with Gasteiger partial charge < -0.3 is 5.32 Å². The number of aromatic nitrogens is 2. The third-order valence-corrected chi connectivity index (χ3v) is 3.12. The molecule has 1 N–H and O–H groups in total. The van der Waals surface area contributed by atoms with Crippen LogP contribution in [0.2, 0.25) is 0 Å². The molecule has 2 aromatic carbocycles. The lowest BCUT2D eigenvalue weighted by Gasteiger charge is -2.06. The highest BCUT2D eigenvalue weighted by atomic mass is 14.9. The SMILES string of the molecule is CNCc1cnc(-c2cccc3ccccc23)nc1. The van der Waals surface area contributed by atoms with Crippen LogP contribution in [0.1, 0.15) is 5.56 Å².